The number of hydrogen-bond donors (Lipinski definition) is 2. The molecule has 1 aliphatic rings. The van der Waals surface area contributed by atoms with Crippen LogP contribution in [-0.4, -0.2) is 31.8 Å². The summed E-state index contributed by atoms with van der Waals surface area (Å²) in [5, 5.41) is 5.11. The van der Waals surface area contributed by atoms with Crippen molar-refractivity contribution in [3.05, 3.63) is 0 Å². The maximum absolute atomic E-state index is 11.4. The quantitative estimate of drug-likeness (QED) is 0.679. The van der Waals surface area contributed by atoms with E-state index in [1.807, 2.05) is 0 Å². The van der Waals surface area contributed by atoms with Gasteiger partial charge in [0.15, 0.2) is 0 Å². The van der Waals surface area contributed by atoms with Crippen LogP contribution < -0.4 is 10.6 Å². The van der Waals surface area contributed by atoms with E-state index in [0.717, 1.165) is 0 Å². The molecule has 0 bridgehead atoms. The summed E-state index contributed by atoms with van der Waals surface area (Å²) in [5.41, 5.74) is 0. The van der Waals surface area contributed by atoms with Crippen molar-refractivity contribution in [1.82, 2.24) is 10.6 Å². The van der Waals surface area contributed by atoms with Crippen molar-refractivity contribution in [2.75, 3.05) is 13.1 Å². The Morgan fingerprint density at radius 2 is 2.17 bits per heavy atom. The highest BCUT2D eigenvalue weighted by atomic mass is 35.5. The van der Waals surface area contributed by atoms with Crippen LogP contribution in [0.25, 0.3) is 0 Å². The molecule has 1 fully saturated rings. The second-order valence-electron chi connectivity index (χ2n) is 2.17. The Morgan fingerprint density at radius 3 is 2.50 bits per heavy atom. The number of alkyl halides is 2. The number of carbonyl (C=O) groups excluding carboxylic acids is 1. The topological polar surface area (TPSA) is 50.4 Å². The minimum atomic E-state index is -3.04. The van der Waals surface area contributed by atoms with Crippen molar-refractivity contribution in [3.63, 3.8) is 0 Å². The highest BCUT2D eigenvalue weighted by Crippen LogP contribution is 1.97. The van der Waals surface area contributed by atoms with Crippen LogP contribution in [0.1, 0.15) is 0 Å². The van der Waals surface area contributed by atoms with Crippen molar-refractivity contribution in [1.29, 1.82) is 0 Å². The summed E-state index contributed by atoms with van der Waals surface area (Å²) in [6, 6.07) is -0.0683. The van der Waals surface area contributed by atoms with Gasteiger partial charge in [0.25, 0.3) is 0 Å². The van der Waals surface area contributed by atoms with Gasteiger partial charge in [-0.15, -0.1) is 12.4 Å². The van der Waals surface area contributed by atoms with E-state index in [9.17, 15) is 13.6 Å². The molecule has 0 aromatic carbocycles. The van der Waals surface area contributed by atoms with Gasteiger partial charge < -0.3 is 15.4 Å². The van der Waals surface area contributed by atoms with Gasteiger partial charge in [0, 0.05) is 13.1 Å². The molecule has 0 aromatic heterocycles. The van der Waals surface area contributed by atoms with E-state index in [1.54, 1.807) is 0 Å². The van der Waals surface area contributed by atoms with E-state index in [0.29, 0.717) is 13.1 Å². The van der Waals surface area contributed by atoms with Gasteiger partial charge >= 0.3 is 12.7 Å². The highest BCUT2D eigenvalue weighted by molar-refractivity contribution is 5.85. The fourth-order valence-electron chi connectivity index (χ4n) is 0.672. The Kier molecular flexibility index (Phi) is 4.84. The monoisotopic (exact) mass is 202 g/mol. The van der Waals surface area contributed by atoms with Crippen LogP contribution in [0.2, 0.25) is 0 Å². The summed E-state index contributed by atoms with van der Waals surface area (Å²) in [7, 11) is 0. The molecule has 1 amide bonds. The van der Waals surface area contributed by atoms with E-state index in [4.69, 9.17) is 0 Å². The molecule has 4 nitrogen and oxygen atoms in total. The lowest BCUT2D eigenvalue weighted by Gasteiger charge is -2.27. The van der Waals surface area contributed by atoms with Crippen LogP contribution >= 0.6 is 12.4 Å². The molecule has 1 aliphatic heterocycles. The zero-order valence-corrected chi connectivity index (χ0v) is 6.87. The maximum Gasteiger partial charge on any atom is 0.411 e. The lowest BCUT2D eigenvalue weighted by Crippen LogP contribution is -2.57. The van der Waals surface area contributed by atoms with Crippen LogP contribution in [0.15, 0.2) is 0 Å². The molecule has 0 unspecified atom stereocenters. The minimum Gasteiger partial charge on any atom is -0.386 e. The predicted molar refractivity (Wildman–Crippen MR) is 39.5 cm³/mol. The standard InChI is InChI=1S/C5H8F2N2O2.ClH/c6-4(7)11-5(10)9-3-1-8-2-3;/h3-4,8H,1-2H2,(H,9,10);1H. The van der Waals surface area contributed by atoms with Gasteiger partial charge in [-0.3, -0.25) is 0 Å². The molecular weight excluding hydrogens is 194 g/mol. The third-order valence-corrected chi connectivity index (χ3v) is 1.30. The van der Waals surface area contributed by atoms with Crippen molar-refractivity contribution >= 4 is 18.5 Å². The van der Waals surface area contributed by atoms with E-state index >= 15 is 0 Å². The zero-order chi connectivity index (χ0) is 8.27. The Morgan fingerprint density at radius 1 is 1.58 bits per heavy atom. The number of hydrogen-bond acceptors (Lipinski definition) is 3. The first-order chi connectivity index (χ1) is 5.18. The average Bonchev–Trinajstić information content (AvgIpc) is 1.77. The normalized spacial score (nSPS) is 16.2. The largest absolute Gasteiger partial charge is 0.411 e. The zero-order valence-electron chi connectivity index (χ0n) is 6.05. The van der Waals surface area contributed by atoms with Crippen LogP contribution in [0.5, 0.6) is 0 Å². The number of nitrogens with one attached hydrogen (secondary N) is 2. The molecule has 1 rings (SSSR count). The van der Waals surface area contributed by atoms with Gasteiger partial charge in [0.1, 0.15) is 0 Å². The number of carbonyl (C=O) groups is 1. The van der Waals surface area contributed by atoms with E-state index < -0.39 is 12.7 Å². The van der Waals surface area contributed by atoms with Gasteiger partial charge in [0.2, 0.25) is 0 Å². The second kappa shape index (κ2) is 5.10. The third kappa shape index (κ3) is 3.68. The Hall–Kier alpha value is -0.620. The molecule has 0 spiro atoms. The third-order valence-electron chi connectivity index (χ3n) is 1.30. The molecule has 7 heteroatoms. The predicted octanol–water partition coefficient (Wildman–Crippen LogP) is 0.329. The molecule has 0 atom stereocenters. The molecule has 0 saturated carbocycles. The molecular formula is C5H9ClF2N2O2. The molecule has 0 aromatic rings. The van der Waals surface area contributed by atoms with E-state index in [-0.39, 0.29) is 18.4 Å². The van der Waals surface area contributed by atoms with Crippen molar-refractivity contribution < 1.29 is 18.3 Å². The first-order valence-corrected chi connectivity index (χ1v) is 3.14. The van der Waals surface area contributed by atoms with Gasteiger partial charge in [-0.05, 0) is 0 Å². The van der Waals surface area contributed by atoms with Crippen LogP contribution in [0.3, 0.4) is 0 Å². The van der Waals surface area contributed by atoms with Crippen LogP contribution in [0, 0.1) is 0 Å². The summed E-state index contributed by atoms with van der Waals surface area (Å²) < 4.78 is 26.3. The Bertz CT molecular complexity index is 154. The summed E-state index contributed by atoms with van der Waals surface area (Å²) >= 11 is 0. The number of ether oxygens (including phenoxy) is 1. The molecule has 1 heterocycles. The van der Waals surface area contributed by atoms with Crippen LogP contribution in [0.4, 0.5) is 13.6 Å². The number of halogens is 3. The van der Waals surface area contributed by atoms with Crippen molar-refractivity contribution in [3.8, 4) is 0 Å². The van der Waals surface area contributed by atoms with Gasteiger partial charge in [-0.1, -0.05) is 0 Å². The fourth-order valence-corrected chi connectivity index (χ4v) is 0.672. The minimum absolute atomic E-state index is 0. The maximum atomic E-state index is 11.4. The summed E-state index contributed by atoms with van der Waals surface area (Å²) in [4.78, 5) is 10.4. The van der Waals surface area contributed by atoms with Crippen molar-refractivity contribution in [2.24, 2.45) is 0 Å². The summed E-state index contributed by atoms with van der Waals surface area (Å²) in [5.74, 6) is 0. The highest BCUT2D eigenvalue weighted by Gasteiger charge is 2.20. The molecule has 2 N–H and O–H groups in total. The lowest BCUT2D eigenvalue weighted by atomic mass is 10.2. The fraction of sp³-hybridized carbons (Fsp3) is 0.800. The van der Waals surface area contributed by atoms with Gasteiger partial charge in [0.05, 0.1) is 6.04 Å². The van der Waals surface area contributed by atoms with E-state index in [1.165, 1.54) is 0 Å². The molecule has 0 radical (unpaired) electrons. The van der Waals surface area contributed by atoms with E-state index in [2.05, 4.69) is 15.4 Å². The summed E-state index contributed by atoms with van der Waals surface area (Å²) in [6.45, 7) is -1.82. The summed E-state index contributed by atoms with van der Waals surface area (Å²) in [6.07, 6.45) is -1.06. The first kappa shape index (κ1) is 11.4. The van der Waals surface area contributed by atoms with Crippen LogP contribution in [-0.2, 0) is 4.74 Å². The average molecular weight is 203 g/mol. The Labute approximate surface area is 74.1 Å². The first-order valence-electron chi connectivity index (χ1n) is 3.14. The number of rotatable bonds is 2. The molecule has 0 aliphatic carbocycles. The van der Waals surface area contributed by atoms with Gasteiger partial charge in [-0.25, -0.2) is 4.79 Å². The molecule has 72 valence electrons. The smallest absolute Gasteiger partial charge is 0.386 e. The Balaban J connectivity index is 0.00000121. The molecule has 12 heavy (non-hydrogen) atoms. The molecule has 1 saturated heterocycles. The number of amides is 1. The SMILES string of the molecule is Cl.O=C(NC1CNC1)OC(F)F. The second-order valence-corrected chi connectivity index (χ2v) is 2.17. The number of alkyl carbamates (subject to hydrolysis) is 1. The van der Waals surface area contributed by atoms with Gasteiger partial charge in [-0.2, -0.15) is 8.78 Å². The van der Waals surface area contributed by atoms with Crippen molar-refractivity contribution in [2.45, 2.75) is 12.7 Å². The lowest BCUT2D eigenvalue weighted by molar-refractivity contribution is -0.0824.